The van der Waals surface area contributed by atoms with Crippen LogP contribution >= 0.6 is 11.8 Å². The van der Waals surface area contributed by atoms with Crippen molar-refractivity contribution >= 4 is 11.8 Å². The fraction of sp³-hybridized carbons (Fsp3) is 1.00. The van der Waals surface area contributed by atoms with E-state index in [1.54, 1.807) is 0 Å². The summed E-state index contributed by atoms with van der Waals surface area (Å²) in [6.45, 7) is 3.31. The molecule has 0 aromatic carbocycles. The first kappa shape index (κ1) is 12.3. The lowest BCUT2D eigenvalue weighted by Crippen LogP contribution is -2.42. The van der Waals surface area contributed by atoms with Crippen LogP contribution in [0, 0.1) is 0 Å². The third-order valence-corrected chi connectivity index (χ3v) is 3.36. The molecule has 1 aliphatic rings. The van der Waals surface area contributed by atoms with Crippen LogP contribution in [0.15, 0.2) is 0 Å². The van der Waals surface area contributed by atoms with Crippen molar-refractivity contribution in [3.63, 3.8) is 0 Å². The average Bonchev–Trinajstić information content (AvgIpc) is 2.19. The van der Waals surface area contributed by atoms with Gasteiger partial charge >= 0.3 is 0 Å². The number of aliphatic hydroxyl groups excluding tert-OH is 2. The Labute approximate surface area is 88.6 Å². The van der Waals surface area contributed by atoms with E-state index in [4.69, 9.17) is 19.7 Å². The Hall–Kier alpha value is 0.190. The molecule has 14 heavy (non-hydrogen) atoms. The van der Waals surface area contributed by atoms with E-state index in [0.717, 1.165) is 0 Å². The predicted molar refractivity (Wildman–Crippen MR) is 55.6 cm³/mol. The number of aliphatic hydroxyl groups is 2. The zero-order chi connectivity index (χ0) is 10.4. The van der Waals surface area contributed by atoms with Crippen molar-refractivity contribution in [1.29, 1.82) is 0 Å². The molecule has 1 rings (SSSR count). The van der Waals surface area contributed by atoms with Gasteiger partial charge in [-0.2, -0.15) is 11.8 Å². The maximum Gasteiger partial charge on any atom is 0.0953 e. The average molecular weight is 222 g/mol. The van der Waals surface area contributed by atoms with Crippen molar-refractivity contribution in [2.24, 2.45) is 0 Å². The first-order chi connectivity index (χ1) is 6.77. The molecular weight excluding hydrogens is 204 g/mol. The monoisotopic (exact) mass is 222 g/mol. The molecule has 3 unspecified atom stereocenters. The van der Waals surface area contributed by atoms with Crippen LogP contribution in [0.1, 0.15) is 6.92 Å². The third-order valence-electron chi connectivity index (χ3n) is 2.06. The van der Waals surface area contributed by atoms with E-state index in [9.17, 15) is 0 Å². The van der Waals surface area contributed by atoms with Crippen molar-refractivity contribution in [1.82, 2.24) is 0 Å². The molecule has 1 heterocycles. The quantitative estimate of drug-likeness (QED) is 0.679. The fourth-order valence-corrected chi connectivity index (χ4v) is 2.27. The molecule has 0 spiro atoms. The Morgan fingerprint density at radius 3 is 2.79 bits per heavy atom. The minimum Gasteiger partial charge on any atom is -0.396 e. The second-order valence-corrected chi connectivity index (χ2v) is 4.69. The molecule has 5 heteroatoms. The molecule has 1 aliphatic heterocycles. The van der Waals surface area contributed by atoms with Crippen LogP contribution in [0.5, 0.6) is 0 Å². The second-order valence-electron chi connectivity index (χ2n) is 3.34. The van der Waals surface area contributed by atoms with E-state index >= 15 is 0 Å². The number of thioether (sulfide) groups is 1. The van der Waals surface area contributed by atoms with E-state index in [0.29, 0.717) is 19.0 Å². The summed E-state index contributed by atoms with van der Waals surface area (Å²) in [6.07, 6.45) is 0.0397. The molecule has 0 aromatic heterocycles. The summed E-state index contributed by atoms with van der Waals surface area (Å²) < 4.78 is 11.0. The van der Waals surface area contributed by atoms with Gasteiger partial charge in [0.15, 0.2) is 0 Å². The van der Waals surface area contributed by atoms with Gasteiger partial charge in [0.25, 0.3) is 0 Å². The topological polar surface area (TPSA) is 58.9 Å². The molecule has 4 nitrogen and oxygen atoms in total. The zero-order valence-electron chi connectivity index (χ0n) is 8.39. The third kappa shape index (κ3) is 3.74. The highest BCUT2D eigenvalue weighted by molar-refractivity contribution is 8.00. The first-order valence-electron chi connectivity index (χ1n) is 4.84. The molecular formula is C9H18O4S. The molecule has 0 bridgehead atoms. The van der Waals surface area contributed by atoms with Crippen molar-refractivity contribution in [3.8, 4) is 0 Å². The van der Waals surface area contributed by atoms with Crippen LogP contribution in [0.25, 0.3) is 0 Å². The van der Waals surface area contributed by atoms with Gasteiger partial charge in [0.05, 0.1) is 43.9 Å². The van der Waals surface area contributed by atoms with Crippen LogP contribution in [0.4, 0.5) is 0 Å². The number of ether oxygens (including phenoxy) is 2. The highest BCUT2D eigenvalue weighted by Gasteiger charge is 2.27. The zero-order valence-corrected chi connectivity index (χ0v) is 9.20. The predicted octanol–water partition coefficient (Wildman–Crippen LogP) is -0.123. The number of hydrogen-bond donors (Lipinski definition) is 2. The Morgan fingerprint density at radius 2 is 2.21 bits per heavy atom. The van der Waals surface area contributed by atoms with Gasteiger partial charge in [-0.1, -0.05) is 0 Å². The lowest BCUT2D eigenvalue weighted by atomic mass is 10.2. The second kappa shape index (κ2) is 6.63. The fourth-order valence-electron chi connectivity index (χ4n) is 1.40. The van der Waals surface area contributed by atoms with Gasteiger partial charge in [-0.3, -0.25) is 0 Å². The van der Waals surface area contributed by atoms with Gasteiger partial charge in [-0.05, 0) is 6.92 Å². The summed E-state index contributed by atoms with van der Waals surface area (Å²) >= 11 is 1.53. The van der Waals surface area contributed by atoms with Crippen molar-refractivity contribution in [3.05, 3.63) is 0 Å². The highest BCUT2D eigenvalue weighted by Crippen LogP contribution is 2.20. The first-order valence-corrected chi connectivity index (χ1v) is 5.89. The van der Waals surface area contributed by atoms with Crippen LogP contribution in [-0.4, -0.2) is 59.9 Å². The summed E-state index contributed by atoms with van der Waals surface area (Å²) in [7, 11) is 0. The molecule has 2 N–H and O–H groups in total. The van der Waals surface area contributed by atoms with Gasteiger partial charge < -0.3 is 19.7 Å². The van der Waals surface area contributed by atoms with E-state index in [2.05, 4.69) is 0 Å². The molecule has 0 saturated carbocycles. The van der Waals surface area contributed by atoms with Crippen LogP contribution in [0.3, 0.4) is 0 Å². The summed E-state index contributed by atoms with van der Waals surface area (Å²) in [4.78, 5) is 0. The molecule has 0 radical (unpaired) electrons. The van der Waals surface area contributed by atoms with Gasteiger partial charge in [0.2, 0.25) is 0 Å². The van der Waals surface area contributed by atoms with Crippen LogP contribution in [-0.2, 0) is 9.47 Å². The highest BCUT2D eigenvalue weighted by atomic mass is 32.2. The largest absolute Gasteiger partial charge is 0.396 e. The van der Waals surface area contributed by atoms with Crippen LogP contribution < -0.4 is 0 Å². The number of rotatable bonds is 5. The van der Waals surface area contributed by atoms with Gasteiger partial charge in [-0.25, -0.2) is 0 Å². The van der Waals surface area contributed by atoms with E-state index in [1.807, 2.05) is 6.92 Å². The molecule has 0 aromatic rings. The molecule has 0 aliphatic carbocycles. The normalized spacial score (nSPS) is 30.2. The summed E-state index contributed by atoms with van der Waals surface area (Å²) in [6, 6.07) is 0. The van der Waals surface area contributed by atoms with Crippen LogP contribution in [0.2, 0.25) is 0 Å². The molecule has 84 valence electrons. The summed E-state index contributed by atoms with van der Waals surface area (Å²) in [5, 5.41) is 17.8. The summed E-state index contributed by atoms with van der Waals surface area (Å²) in [5.74, 6) is 0.624. The Morgan fingerprint density at radius 1 is 1.43 bits per heavy atom. The smallest absolute Gasteiger partial charge is 0.0953 e. The molecule has 3 atom stereocenters. The van der Waals surface area contributed by atoms with Gasteiger partial charge in [0.1, 0.15) is 0 Å². The van der Waals surface area contributed by atoms with Crippen molar-refractivity contribution in [2.75, 3.05) is 32.2 Å². The molecule has 1 saturated heterocycles. The minimum atomic E-state index is -0.0553. The standard InChI is InChI=1S/C9H18O4S/c1-7-5-12-6-8(13-7)9(4-11)14-3-2-10/h7-11H,2-6H2,1H3. The van der Waals surface area contributed by atoms with Crippen molar-refractivity contribution in [2.45, 2.75) is 24.4 Å². The maximum absolute atomic E-state index is 9.15. The number of hydrogen-bond acceptors (Lipinski definition) is 5. The summed E-state index contributed by atoms with van der Waals surface area (Å²) in [5.41, 5.74) is 0. The van der Waals surface area contributed by atoms with E-state index < -0.39 is 0 Å². The Kier molecular flexibility index (Phi) is 5.81. The maximum atomic E-state index is 9.15. The van der Waals surface area contributed by atoms with E-state index in [1.165, 1.54) is 11.8 Å². The van der Waals surface area contributed by atoms with Crippen molar-refractivity contribution < 1.29 is 19.7 Å². The van der Waals surface area contributed by atoms with E-state index in [-0.39, 0.29) is 30.7 Å². The SMILES string of the molecule is CC1COCC(C(CO)SCCO)O1. The lowest BCUT2D eigenvalue weighted by molar-refractivity contribution is -0.132. The molecule has 1 fully saturated rings. The lowest BCUT2D eigenvalue weighted by Gasteiger charge is -2.32. The Balaban J connectivity index is 2.34. The Bertz CT molecular complexity index is 156. The minimum absolute atomic E-state index is 0.00454. The molecule has 0 amide bonds. The van der Waals surface area contributed by atoms with Gasteiger partial charge in [0, 0.05) is 5.75 Å². The van der Waals surface area contributed by atoms with Gasteiger partial charge in [-0.15, -0.1) is 0 Å².